The summed E-state index contributed by atoms with van der Waals surface area (Å²) in [5, 5.41) is 31.1. The summed E-state index contributed by atoms with van der Waals surface area (Å²) in [5.41, 5.74) is 27.6. The highest BCUT2D eigenvalue weighted by molar-refractivity contribution is 5.95. The summed E-state index contributed by atoms with van der Waals surface area (Å²) in [4.78, 5) is 90.1. The highest BCUT2D eigenvalue weighted by atomic mass is 16.4. The average Bonchev–Trinajstić information content (AvgIpc) is 3.54. The van der Waals surface area contributed by atoms with Crippen molar-refractivity contribution in [3.8, 4) is 0 Å². The molecule has 0 saturated carbocycles. The number of amides is 5. The summed E-state index contributed by atoms with van der Waals surface area (Å²) in [6.07, 6.45) is 2.09. The lowest BCUT2D eigenvalue weighted by molar-refractivity contribution is -0.142. The number of aliphatic carboxylic acids is 1. The fraction of sp³-hybridized carbons (Fsp3) is 0.593. The molecule has 0 fully saturated rings. The Morgan fingerprint density at radius 1 is 0.837 bits per heavy atom. The minimum Gasteiger partial charge on any atom is -0.480 e. The van der Waals surface area contributed by atoms with Crippen molar-refractivity contribution in [3.05, 3.63) is 18.2 Å². The Kier molecular flexibility index (Phi) is 18.1. The maximum atomic E-state index is 13.2. The summed E-state index contributed by atoms with van der Waals surface area (Å²) in [5.74, 6) is -5.69. The quantitative estimate of drug-likeness (QED) is 0.0305. The number of H-pyrrole nitrogens is 1. The molecule has 0 aromatic carbocycles. The van der Waals surface area contributed by atoms with Gasteiger partial charge in [-0.2, -0.15) is 0 Å². The number of aliphatic hydroxyl groups is 1. The Bertz CT molecular complexity index is 1310. The first-order valence-electron chi connectivity index (χ1n) is 15.2. The summed E-state index contributed by atoms with van der Waals surface area (Å²) in [6.45, 7) is 2.17. The van der Waals surface area contributed by atoms with Gasteiger partial charge in [-0.25, -0.2) is 4.98 Å². The lowest BCUT2D eigenvalue weighted by Crippen LogP contribution is -2.59. The van der Waals surface area contributed by atoms with Crippen molar-refractivity contribution in [3.63, 3.8) is 0 Å². The average molecular weight is 697 g/mol. The fourth-order valence-electron chi connectivity index (χ4n) is 4.09. The summed E-state index contributed by atoms with van der Waals surface area (Å²) < 4.78 is 0. The molecule has 22 heteroatoms. The van der Waals surface area contributed by atoms with Crippen LogP contribution in [0.1, 0.15) is 45.2 Å². The molecule has 0 unspecified atom stereocenters. The second-order valence-electron chi connectivity index (χ2n) is 11.0. The van der Waals surface area contributed by atoms with Crippen molar-refractivity contribution in [1.82, 2.24) is 36.6 Å². The first kappa shape index (κ1) is 41.5. The second kappa shape index (κ2) is 21.4. The van der Waals surface area contributed by atoms with E-state index in [4.69, 9.17) is 33.8 Å². The maximum Gasteiger partial charge on any atom is 0.325 e. The molecule has 1 rings (SSSR count). The third kappa shape index (κ3) is 16.7. The van der Waals surface area contributed by atoms with E-state index in [0.717, 1.165) is 0 Å². The summed E-state index contributed by atoms with van der Waals surface area (Å²) >= 11 is 0. The number of aliphatic imine (C=N–C) groups is 2. The molecule has 0 aliphatic rings. The van der Waals surface area contributed by atoms with Gasteiger partial charge in [-0.15, -0.1) is 0 Å². The number of aromatic amines is 1. The second-order valence-corrected chi connectivity index (χ2v) is 11.0. The van der Waals surface area contributed by atoms with E-state index in [-0.39, 0.29) is 50.7 Å². The van der Waals surface area contributed by atoms with Crippen LogP contribution < -0.4 is 55.3 Å². The van der Waals surface area contributed by atoms with Gasteiger partial charge in [-0.3, -0.25) is 38.8 Å². The number of imidazole rings is 1. The van der Waals surface area contributed by atoms with Gasteiger partial charge in [0.1, 0.15) is 24.2 Å². The number of guanidine groups is 2. The molecule has 0 aliphatic carbocycles. The molecule has 49 heavy (non-hydrogen) atoms. The van der Waals surface area contributed by atoms with E-state index in [1.54, 1.807) is 0 Å². The van der Waals surface area contributed by atoms with Crippen molar-refractivity contribution in [2.75, 3.05) is 19.6 Å². The SMILES string of the molecule is C[C@H](NC(=O)[C@@H](NC(=O)[C@H](Cc1cnc[nH]1)NC(=O)CNC(=O)[C@H](CCCN=C(N)N)NC(=O)[C@@H](N)CCCN=C(N)N)[C@@H](C)O)C(=O)O. The number of hydrogen-bond acceptors (Lipinski definition) is 11. The maximum absolute atomic E-state index is 13.2. The van der Waals surface area contributed by atoms with Crippen molar-refractivity contribution in [1.29, 1.82) is 0 Å². The smallest absolute Gasteiger partial charge is 0.325 e. The number of aliphatic hydroxyl groups excluding tert-OH is 1. The molecule has 0 bridgehead atoms. The minimum absolute atomic E-state index is 0.0742. The third-order valence-electron chi connectivity index (χ3n) is 6.73. The molecule has 0 aliphatic heterocycles. The van der Waals surface area contributed by atoms with Crippen LogP contribution in [0, 0.1) is 0 Å². The van der Waals surface area contributed by atoms with Crippen LogP contribution in [0.25, 0.3) is 0 Å². The van der Waals surface area contributed by atoms with Crippen LogP contribution in [0.3, 0.4) is 0 Å². The van der Waals surface area contributed by atoms with Gasteiger partial charge in [0.15, 0.2) is 11.9 Å². The number of carbonyl (C=O) groups excluding carboxylic acids is 5. The Balaban J connectivity index is 2.98. The van der Waals surface area contributed by atoms with Crippen LogP contribution in [0.5, 0.6) is 0 Å². The van der Waals surface area contributed by atoms with Crippen LogP contribution in [-0.2, 0) is 35.2 Å². The Labute approximate surface area is 281 Å². The predicted octanol–water partition coefficient (Wildman–Crippen LogP) is -6.07. The molecule has 0 saturated heterocycles. The number of aromatic nitrogens is 2. The van der Waals surface area contributed by atoms with E-state index in [2.05, 4.69) is 46.5 Å². The predicted molar refractivity (Wildman–Crippen MR) is 176 cm³/mol. The van der Waals surface area contributed by atoms with E-state index in [1.807, 2.05) is 0 Å². The summed E-state index contributed by atoms with van der Waals surface area (Å²) in [6, 6.07) is -6.37. The molecule has 5 amide bonds. The van der Waals surface area contributed by atoms with E-state index < -0.39 is 78.4 Å². The standard InChI is InChI=1S/C27H48N14O8/c1-13(25(48)49)38-24(47)20(14(2)42)41-23(46)18(9-15-10-33-12-37-15)39-19(43)11-36-22(45)17(6-4-8-35-27(31)32)40-21(44)16(28)5-3-7-34-26(29)30/h10,12-14,16-18,20,42H,3-9,11,28H2,1-2H3,(H,33,37)(H,36,45)(H,38,47)(H,39,43)(H,40,44)(H,41,46)(H,48,49)(H4,29,30,34)(H4,31,32,35)/t13-,14+,16-,17-,18-,20-/m0/s1. The lowest BCUT2D eigenvalue weighted by atomic mass is 10.1. The molecular weight excluding hydrogens is 648 g/mol. The van der Waals surface area contributed by atoms with Gasteiger partial charge in [-0.1, -0.05) is 0 Å². The van der Waals surface area contributed by atoms with Crippen LogP contribution in [0.4, 0.5) is 0 Å². The minimum atomic E-state index is -1.57. The zero-order valence-corrected chi connectivity index (χ0v) is 27.3. The first-order valence-corrected chi connectivity index (χ1v) is 15.2. The Hall–Kier alpha value is -5.51. The zero-order chi connectivity index (χ0) is 37.1. The van der Waals surface area contributed by atoms with Crippen molar-refractivity contribution < 1.29 is 39.0 Å². The lowest BCUT2D eigenvalue weighted by Gasteiger charge is -2.25. The van der Waals surface area contributed by atoms with Gasteiger partial charge < -0.3 is 70.4 Å². The van der Waals surface area contributed by atoms with E-state index in [9.17, 15) is 33.9 Å². The number of rotatable bonds is 22. The van der Waals surface area contributed by atoms with Crippen LogP contribution in [-0.4, -0.2) is 124 Å². The molecule has 22 nitrogen and oxygen atoms in total. The number of carbonyl (C=O) groups is 6. The van der Waals surface area contributed by atoms with Crippen LogP contribution >= 0.6 is 0 Å². The van der Waals surface area contributed by atoms with Gasteiger partial charge in [0, 0.05) is 31.4 Å². The molecule has 274 valence electrons. The molecular formula is C27H48N14O8. The highest BCUT2D eigenvalue weighted by Gasteiger charge is 2.32. The van der Waals surface area contributed by atoms with Crippen molar-refractivity contribution in [2.45, 2.75) is 82.3 Å². The normalized spacial score (nSPS) is 14.4. The molecule has 18 N–H and O–H groups in total. The molecule has 0 radical (unpaired) electrons. The molecule has 6 atom stereocenters. The monoisotopic (exact) mass is 696 g/mol. The van der Waals surface area contributed by atoms with Gasteiger partial charge in [0.25, 0.3) is 0 Å². The van der Waals surface area contributed by atoms with Gasteiger partial charge in [-0.05, 0) is 39.5 Å². The Morgan fingerprint density at radius 3 is 1.98 bits per heavy atom. The number of carboxylic acids is 1. The topological polar surface area (TPSA) is 387 Å². The van der Waals surface area contributed by atoms with Gasteiger partial charge in [0.2, 0.25) is 29.5 Å². The molecule has 1 aromatic heterocycles. The van der Waals surface area contributed by atoms with E-state index in [0.29, 0.717) is 12.1 Å². The molecule has 0 spiro atoms. The highest BCUT2D eigenvalue weighted by Crippen LogP contribution is 2.04. The number of nitrogens with zero attached hydrogens (tertiary/aromatic N) is 3. The third-order valence-corrected chi connectivity index (χ3v) is 6.73. The van der Waals surface area contributed by atoms with Crippen LogP contribution in [0.15, 0.2) is 22.5 Å². The zero-order valence-electron chi connectivity index (χ0n) is 27.3. The summed E-state index contributed by atoms with van der Waals surface area (Å²) in [7, 11) is 0. The molecule has 1 aromatic rings. The van der Waals surface area contributed by atoms with Gasteiger partial charge >= 0.3 is 5.97 Å². The van der Waals surface area contributed by atoms with Crippen LogP contribution in [0.2, 0.25) is 0 Å². The number of hydrogen-bond donors (Lipinski definition) is 13. The van der Waals surface area contributed by atoms with Gasteiger partial charge in [0.05, 0.1) is 25.0 Å². The first-order chi connectivity index (χ1) is 23.0. The van der Waals surface area contributed by atoms with E-state index in [1.165, 1.54) is 26.4 Å². The van der Waals surface area contributed by atoms with E-state index >= 15 is 0 Å². The fourth-order valence-corrected chi connectivity index (χ4v) is 4.09. The number of nitrogens with two attached hydrogens (primary N) is 5. The molecule has 1 heterocycles. The largest absolute Gasteiger partial charge is 0.480 e. The number of nitrogens with one attached hydrogen (secondary N) is 6. The van der Waals surface area contributed by atoms with Crippen molar-refractivity contribution >= 4 is 47.4 Å². The van der Waals surface area contributed by atoms with Crippen molar-refractivity contribution in [2.24, 2.45) is 38.7 Å². The number of carboxylic acid groups (broad SMARTS) is 1. The Morgan fingerprint density at radius 2 is 1.45 bits per heavy atom.